The molecule has 0 atom stereocenters. The van der Waals surface area contributed by atoms with Crippen LogP contribution in [0.25, 0.3) is 22.9 Å². The van der Waals surface area contributed by atoms with Crippen LogP contribution < -0.4 is 3.71 Å². The predicted molar refractivity (Wildman–Crippen MR) is 140 cm³/mol. The molecule has 0 saturated carbocycles. The average molecular weight is 647 g/mol. The quantitative estimate of drug-likeness (QED) is 0.158. The SMILES string of the molecule is CCC[CH2][Sn]([CH2]CCC)([CH2]CCC)[c]1c[nH]c(-c2nc(-c3ccc(C(F)(F)F)cc3)cc(C(F)(F)F)n2)n1. The van der Waals surface area contributed by atoms with Gasteiger partial charge in [-0.3, -0.25) is 0 Å². The summed E-state index contributed by atoms with van der Waals surface area (Å²) in [4.78, 5) is 15.9. The fourth-order valence-electron chi connectivity index (χ4n) is 4.69. The zero-order valence-electron chi connectivity index (χ0n) is 21.9. The van der Waals surface area contributed by atoms with Gasteiger partial charge in [-0.15, -0.1) is 0 Å². The van der Waals surface area contributed by atoms with E-state index >= 15 is 0 Å². The van der Waals surface area contributed by atoms with Crippen molar-refractivity contribution in [2.24, 2.45) is 0 Å². The number of unbranched alkanes of at least 4 members (excludes halogenated alkanes) is 3. The molecule has 0 saturated heterocycles. The fourth-order valence-corrected chi connectivity index (χ4v) is 19.9. The van der Waals surface area contributed by atoms with Gasteiger partial charge in [0.25, 0.3) is 0 Å². The van der Waals surface area contributed by atoms with E-state index in [0.717, 1.165) is 85.9 Å². The van der Waals surface area contributed by atoms with E-state index in [-0.39, 0.29) is 22.9 Å². The first-order valence-electron chi connectivity index (χ1n) is 13.1. The third-order valence-electron chi connectivity index (χ3n) is 6.88. The zero-order valence-corrected chi connectivity index (χ0v) is 24.8. The topological polar surface area (TPSA) is 54.5 Å². The molecule has 3 aromatic rings. The summed E-state index contributed by atoms with van der Waals surface area (Å²) in [5.41, 5.74) is -2.06. The Kier molecular flexibility index (Phi) is 10.3. The standard InChI is InChI=1S/C15H7F6N4.3C4H9.Sn/c16-14(17,18)9-3-1-8(2-4-9)10-7-11(15(19,20)21)25-13(24-10)12-22-5-6-23-12;3*1-3-4-2;/h1-5,7H,(H,22,23);3*1,3-4H2,2H3;. The van der Waals surface area contributed by atoms with E-state index in [4.69, 9.17) is 4.98 Å². The molecule has 0 aliphatic heterocycles. The first-order chi connectivity index (χ1) is 17.9. The van der Waals surface area contributed by atoms with Crippen molar-refractivity contribution in [3.63, 3.8) is 0 Å². The molecule has 2 aromatic heterocycles. The molecule has 0 aliphatic carbocycles. The van der Waals surface area contributed by atoms with Gasteiger partial charge in [-0.25, -0.2) is 0 Å². The predicted octanol–water partition coefficient (Wildman–Crippen LogP) is 8.63. The summed E-state index contributed by atoms with van der Waals surface area (Å²) in [6.45, 7) is 6.47. The number of benzene rings is 1. The van der Waals surface area contributed by atoms with Crippen molar-refractivity contribution >= 4 is 22.1 Å². The Balaban J connectivity index is 2.08. The summed E-state index contributed by atoms with van der Waals surface area (Å²) in [7, 11) is 0. The summed E-state index contributed by atoms with van der Waals surface area (Å²) < 4.78 is 84.6. The fraction of sp³-hybridized carbons (Fsp3) is 0.519. The summed E-state index contributed by atoms with van der Waals surface area (Å²) >= 11 is -2.96. The Morgan fingerprint density at radius 2 is 1.29 bits per heavy atom. The number of aromatic nitrogens is 4. The van der Waals surface area contributed by atoms with E-state index in [1.165, 1.54) is 0 Å². The average Bonchev–Trinajstić information content (AvgIpc) is 3.38. The molecule has 208 valence electrons. The van der Waals surface area contributed by atoms with Crippen LogP contribution in [0.5, 0.6) is 0 Å². The van der Waals surface area contributed by atoms with Gasteiger partial charge in [0.2, 0.25) is 0 Å². The molecule has 0 fully saturated rings. The van der Waals surface area contributed by atoms with Gasteiger partial charge >= 0.3 is 224 Å². The van der Waals surface area contributed by atoms with E-state index in [9.17, 15) is 26.3 Å². The van der Waals surface area contributed by atoms with Crippen molar-refractivity contribution in [1.82, 2.24) is 19.9 Å². The summed E-state index contributed by atoms with van der Waals surface area (Å²) in [6.07, 6.45) is -0.960. The molecule has 11 heteroatoms. The molecule has 0 unspecified atom stereocenters. The van der Waals surface area contributed by atoms with Gasteiger partial charge in [0, 0.05) is 0 Å². The summed E-state index contributed by atoms with van der Waals surface area (Å²) in [5, 5.41) is 0. The van der Waals surface area contributed by atoms with Crippen molar-refractivity contribution in [2.45, 2.75) is 85.0 Å². The van der Waals surface area contributed by atoms with E-state index in [2.05, 4.69) is 35.7 Å². The molecule has 0 aliphatic rings. The van der Waals surface area contributed by atoms with E-state index < -0.39 is 42.0 Å². The Hall–Kier alpha value is -2.11. The second kappa shape index (κ2) is 12.8. The number of halogens is 6. The minimum absolute atomic E-state index is 0.119. The van der Waals surface area contributed by atoms with Crippen molar-refractivity contribution in [3.05, 3.63) is 47.8 Å². The first-order valence-corrected chi connectivity index (χ1v) is 20.6. The Morgan fingerprint density at radius 1 is 0.737 bits per heavy atom. The molecule has 4 nitrogen and oxygen atoms in total. The van der Waals surface area contributed by atoms with Crippen LogP contribution >= 0.6 is 0 Å². The molecular weight excluding hydrogens is 613 g/mol. The molecule has 0 bridgehead atoms. The van der Waals surface area contributed by atoms with Crippen LogP contribution in [0.4, 0.5) is 26.3 Å². The van der Waals surface area contributed by atoms with Crippen LogP contribution in [-0.2, 0) is 12.4 Å². The zero-order chi connectivity index (χ0) is 28.0. The van der Waals surface area contributed by atoms with E-state index in [1.54, 1.807) is 0 Å². The molecule has 1 N–H and O–H groups in total. The van der Waals surface area contributed by atoms with Gasteiger partial charge in [0.15, 0.2) is 0 Å². The second-order valence-electron chi connectivity index (χ2n) is 9.76. The van der Waals surface area contributed by atoms with Gasteiger partial charge in [-0.1, -0.05) is 0 Å². The monoisotopic (exact) mass is 648 g/mol. The van der Waals surface area contributed by atoms with Gasteiger partial charge in [0.05, 0.1) is 0 Å². The van der Waals surface area contributed by atoms with Crippen molar-refractivity contribution < 1.29 is 26.3 Å². The van der Waals surface area contributed by atoms with Crippen molar-refractivity contribution in [3.8, 4) is 22.9 Å². The van der Waals surface area contributed by atoms with Gasteiger partial charge in [0.1, 0.15) is 0 Å². The Bertz CT molecular complexity index is 1150. The second-order valence-corrected chi connectivity index (χ2v) is 22.8. The molecule has 1 aromatic carbocycles. The normalized spacial score (nSPS) is 12.8. The molecule has 38 heavy (non-hydrogen) atoms. The Morgan fingerprint density at radius 3 is 1.76 bits per heavy atom. The number of imidazole rings is 1. The third kappa shape index (κ3) is 7.50. The number of H-pyrrole nitrogens is 1. The summed E-state index contributed by atoms with van der Waals surface area (Å²) in [6, 6.07) is 4.64. The third-order valence-corrected chi connectivity index (χ3v) is 21.9. The van der Waals surface area contributed by atoms with Gasteiger partial charge < -0.3 is 0 Å². The van der Waals surface area contributed by atoms with E-state index in [0.29, 0.717) is 0 Å². The summed E-state index contributed by atoms with van der Waals surface area (Å²) in [5.74, 6) is -0.0625. The van der Waals surface area contributed by atoms with Crippen LogP contribution in [-0.4, -0.2) is 38.3 Å². The number of hydrogen-bond acceptors (Lipinski definition) is 3. The number of alkyl halides is 6. The molecule has 0 radical (unpaired) electrons. The maximum absolute atomic E-state index is 13.8. The van der Waals surface area contributed by atoms with Crippen LogP contribution in [0.3, 0.4) is 0 Å². The molecule has 0 spiro atoms. The number of aromatic amines is 1. The molecular formula is C27H34F6N4Sn. The number of hydrogen-bond donors (Lipinski definition) is 1. The van der Waals surface area contributed by atoms with Gasteiger partial charge in [-0.2, -0.15) is 0 Å². The van der Waals surface area contributed by atoms with Crippen molar-refractivity contribution in [1.29, 1.82) is 0 Å². The molecule has 0 amide bonds. The van der Waals surface area contributed by atoms with Crippen molar-refractivity contribution in [2.75, 3.05) is 0 Å². The van der Waals surface area contributed by atoms with Crippen LogP contribution in [0.2, 0.25) is 13.3 Å². The Labute approximate surface area is 223 Å². The first kappa shape index (κ1) is 30.4. The number of rotatable bonds is 12. The van der Waals surface area contributed by atoms with Crippen LogP contribution in [0, 0.1) is 0 Å². The molecule has 3 rings (SSSR count). The number of nitrogens with zero attached hydrogens (tertiary/aromatic N) is 3. The van der Waals surface area contributed by atoms with Gasteiger partial charge in [-0.05, 0) is 0 Å². The maximum atomic E-state index is 13.8. The minimum atomic E-state index is -4.76. The molecule has 2 heterocycles. The van der Waals surface area contributed by atoms with Crippen LogP contribution in [0.15, 0.2) is 36.5 Å². The van der Waals surface area contributed by atoms with E-state index in [1.807, 2.05) is 6.20 Å². The number of nitrogens with one attached hydrogen (secondary N) is 1. The van der Waals surface area contributed by atoms with Crippen LogP contribution in [0.1, 0.15) is 70.6 Å².